The van der Waals surface area contributed by atoms with Crippen LogP contribution in [0.5, 0.6) is 0 Å². The number of benzene rings is 1. The Morgan fingerprint density at radius 2 is 2.31 bits per heavy atom. The van der Waals surface area contributed by atoms with Crippen LogP contribution in [0, 0.1) is 0 Å². The van der Waals surface area contributed by atoms with Gasteiger partial charge in [-0.3, -0.25) is 0 Å². The number of thioether (sulfide) groups is 1. The molecular weight excluding hydrogens is 218 g/mol. The first-order chi connectivity index (χ1) is 7.76. The molecule has 2 rings (SSSR count). The Morgan fingerprint density at radius 1 is 1.50 bits per heavy atom. The van der Waals surface area contributed by atoms with Crippen LogP contribution in [0.25, 0.3) is 0 Å². The second kappa shape index (κ2) is 5.21. The average Bonchev–Trinajstić information content (AvgIpc) is 2.77. The molecule has 1 aliphatic rings. The molecule has 0 aromatic heterocycles. The highest BCUT2D eigenvalue weighted by Gasteiger charge is 2.20. The van der Waals surface area contributed by atoms with Crippen LogP contribution >= 0.6 is 11.8 Å². The monoisotopic (exact) mass is 237 g/mol. The quantitative estimate of drug-likeness (QED) is 0.843. The van der Waals surface area contributed by atoms with E-state index in [4.69, 9.17) is 0 Å². The largest absolute Gasteiger partial charge is 0.387 e. The molecule has 2 N–H and O–H groups in total. The Balaban J connectivity index is 2.20. The van der Waals surface area contributed by atoms with Gasteiger partial charge in [-0.25, -0.2) is 0 Å². The summed E-state index contributed by atoms with van der Waals surface area (Å²) in [7, 11) is 1.90. The fraction of sp³-hybridized carbons (Fsp3) is 0.538. The maximum atomic E-state index is 10.2. The molecule has 0 aliphatic carbocycles. The van der Waals surface area contributed by atoms with E-state index in [1.54, 1.807) is 0 Å². The van der Waals surface area contributed by atoms with E-state index in [2.05, 4.69) is 30.4 Å². The SMILES string of the molecule is CCC(NC)C(O)c1ccc2c(c1)SCC2. The molecule has 2 atom stereocenters. The lowest BCUT2D eigenvalue weighted by atomic mass is 9.99. The predicted octanol–water partition coefficient (Wildman–Crippen LogP) is 2.37. The number of likely N-dealkylation sites (N-methyl/N-ethyl adjacent to an activating group) is 1. The van der Waals surface area contributed by atoms with Gasteiger partial charge in [0.15, 0.2) is 0 Å². The van der Waals surface area contributed by atoms with E-state index < -0.39 is 6.10 Å². The number of aliphatic hydroxyl groups excluding tert-OH is 1. The molecular formula is C13H19NOS. The van der Waals surface area contributed by atoms with Crippen LogP contribution in [-0.4, -0.2) is 23.9 Å². The van der Waals surface area contributed by atoms with Crippen LogP contribution in [0.15, 0.2) is 23.1 Å². The van der Waals surface area contributed by atoms with Crippen LogP contribution in [0.2, 0.25) is 0 Å². The molecule has 1 aromatic rings. The van der Waals surface area contributed by atoms with Crippen LogP contribution < -0.4 is 5.32 Å². The molecule has 3 heteroatoms. The summed E-state index contributed by atoms with van der Waals surface area (Å²) in [4.78, 5) is 1.35. The fourth-order valence-corrected chi connectivity index (χ4v) is 3.30. The molecule has 0 saturated heterocycles. The van der Waals surface area contributed by atoms with E-state index >= 15 is 0 Å². The first kappa shape index (κ1) is 12.0. The Labute approximate surface area is 101 Å². The van der Waals surface area contributed by atoms with Crippen molar-refractivity contribution in [3.63, 3.8) is 0 Å². The maximum absolute atomic E-state index is 10.2. The molecule has 16 heavy (non-hydrogen) atoms. The summed E-state index contributed by atoms with van der Waals surface area (Å²) in [5.74, 6) is 1.18. The Kier molecular flexibility index (Phi) is 3.90. The average molecular weight is 237 g/mol. The summed E-state index contributed by atoms with van der Waals surface area (Å²) in [6, 6.07) is 6.52. The number of aryl methyl sites for hydroxylation is 1. The summed E-state index contributed by atoms with van der Waals surface area (Å²) < 4.78 is 0. The first-order valence-corrected chi connectivity index (χ1v) is 6.85. The minimum atomic E-state index is -0.401. The van der Waals surface area contributed by atoms with E-state index in [1.165, 1.54) is 22.6 Å². The number of rotatable bonds is 4. The van der Waals surface area contributed by atoms with E-state index in [1.807, 2.05) is 18.8 Å². The van der Waals surface area contributed by atoms with Crippen molar-refractivity contribution in [3.8, 4) is 0 Å². The number of aliphatic hydroxyl groups is 1. The number of hydrogen-bond acceptors (Lipinski definition) is 3. The number of hydrogen-bond donors (Lipinski definition) is 2. The van der Waals surface area contributed by atoms with Crippen molar-refractivity contribution < 1.29 is 5.11 Å². The van der Waals surface area contributed by atoms with Crippen molar-refractivity contribution in [1.29, 1.82) is 0 Å². The second-order valence-electron chi connectivity index (χ2n) is 4.21. The number of fused-ring (bicyclic) bond motifs is 1. The minimum absolute atomic E-state index is 0.143. The minimum Gasteiger partial charge on any atom is -0.387 e. The third-order valence-corrected chi connectivity index (χ3v) is 4.35. The van der Waals surface area contributed by atoms with Gasteiger partial charge in [0.05, 0.1) is 6.10 Å². The van der Waals surface area contributed by atoms with Gasteiger partial charge in [0.2, 0.25) is 0 Å². The third-order valence-electron chi connectivity index (χ3n) is 3.25. The highest BCUT2D eigenvalue weighted by molar-refractivity contribution is 7.99. The van der Waals surface area contributed by atoms with Crippen molar-refractivity contribution in [1.82, 2.24) is 5.32 Å². The maximum Gasteiger partial charge on any atom is 0.0943 e. The zero-order valence-electron chi connectivity index (χ0n) is 9.86. The van der Waals surface area contributed by atoms with E-state index in [0.717, 1.165) is 12.0 Å². The van der Waals surface area contributed by atoms with Gasteiger partial charge >= 0.3 is 0 Å². The lowest BCUT2D eigenvalue weighted by Crippen LogP contribution is -2.31. The van der Waals surface area contributed by atoms with Gasteiger partial charge in [0, 0.05) is 16.7 Å². The molecule has 0 spiro atoms. The smallest absolute Gasteiger partial charge is 0.0943 e. The molecule has 0 saturated carbocycles. The lowest BCUT2D eigenvalue weighted by molar-refractivity contribution is 0.130. The van der Waals surface area contributed by atoms with Crippen LogP contribution in [-0.2, 0) is 6.42 Å². The fourth-order valence-electron chi connectivity index (χ4n) is 2.18. The second-order valence-corrected chi connectivity index (χ2v) is 5.35. The van der Waals surface area contributed by atoms with Gasteiger partial charge in [-0.2, -0.15) is 0 Å². The molecule has 1 aliphatic heterocycles. The molecule has 2 unspecified atom stereocenters. The molecule has 0 radical (unpaired) electrons. The molecule has 0 amide bonds. The van der Waals surface area contributed by atoms with Crippen molar-refractivity contribution in [2.24, 2.45) is 0 Å². The molecule has 2 nitrogen and oxygen atoms in total. The summed E-state index contributed by atoms with van der Waals surface area (Å²) in [6.45, 7) is 2.09. The molecule has 1 heterocycles. The van der Waals surface area contributed by atoms with Gasteiger partial charge in [0.1, 0.15) is 0 Å². The Bertz CT molecular complexity index is 363. The van der Waals surface area contributed by atoms with E-state index in [9.17, 15) is 5.11 Å². The van der Waals surface area contributed by atoms with Gasteiger partial charge in [0.25, 0.3) is 0 Å². The van der Waals surface area contributed by atoms with Gasteiger partial charge in [-0.05, 0) is 37.1 Å². The summed E-state index contributed by atoms with van der Waals surface area (Å²) in [6.07, 6.45) is 1.70. The van der Waals surface area contributed by atoms with E-state index in [-0.39, 0.29) is 6.04 Å². The molecule has 88 valence electrons. The van der Waals surface area contributed by atoms with Crippen LogP contribution in [0.4, 0.5) is 0 Å². The van der Waals surface area contributed by atoms with Crippen molar-refractivity contribution in [3.05, 3.63) is 29.3 Å². The first-order valence-electron chi connectivity index (χ1n) is 5.87. The molecule has 0 bridgehead atoms. The van der Waals surface area contributed by atoms with Crippen LogP contribution in [0.1, 0.15) is 30.6 Å². The highest BCUT2D eigenvalue weighted by Crippen LogP contribution is 2.33. The lowest BCUT2D eigenvalue weighted by Gasteiger charge is -2.21. The normalized spacial score (nSPS) is 18.2. The van der Waals surface area contributed by atoms with Crippen molar-refractivity contribution in [2.75, 3.05) is 12.8 Å². The van der Waals surface area contributed by atoms with Gasteiger partial charge in [-0.15, -0.1) is 11.8 Å². The summed E-state index contributed by atoms with van der Waals surface area (Å²) in [5.41, 5.74) is 2.47. The summed E-state index contributed by atoms with van der Waals surface area (Å²) in [5, 5.41) is 13.4. The number of nitrogens with one attached hydrogen (secondary N) is 1. The highest BCUT2D eigenvalue weighted by atomic mass is 32.2. The summed E-state index contributed by atoms with van der Waals surface area (Å²) >= 11 is 1.89. The Morgan fingerprint density at radius 3 is 3.00 bits per heavy atom. The topological polar surface area (TPSA) is 32.3 Å². The van der Waals surface area contributed by atoms with Gasteiger partial charge in [-0.1, -0.05) is 19.1 Å². The van der Waals surface area contributed by atoms with Crippen molar-refractivity contribution >= 4 is 11.8 Å². The Hall–Kier alpha value is -0.510. The van der Waals surface area contributed by atoms with Gasteiger partial charge < -0.3 is 10.4 Å². The molecule has 0 fully saturated rings. The predicted molar refractivity (Wildman–Crippen MR) is 69.0 cm³/mol. The molecule has 1 aromatic carbocycles. The zero-order valence-corrected chi connectivity index (χ0v) is 10.7. The zero-order chi connectivity index (χ0) is 11.5. The van der Waals surface area contributed by atoms with Crippen LogP contribution in [0.3, 0.4) is 0 Å². The van der Waals surface area contributed by atoms with Crippen molar-refractivity contribution in [2.45, 2.75) is 36.8 Å². The van der Waals surface area contributed by atoms with E-state index in [0.29, 0.717) is 0 Å². The standard InChI is InChI=1S/C13H19NOS/c1-3-11(14-2)13(15)10-5-4-9-6-7-16-12(9)8-10/h4-5,8,11,13-15H,3,6-7H2,1-2H3. The third kappa shape index (κ3) is 2.26.